The zero-order chi connectivity index (χ0) is 7.11. The van der Waals surface area contributed by atoms with Crippen LogP contribution in [0.5, 0.6) is 0 Å². The highest BCUT2D eigenvalue weighted by Crippen LogP contribution is 1.84. The van der Waals surface area contributed by atoms with Gasteiger partial charge in [-0.15, -0.1) is 0 Å². The van der Waals surface area contributed by atoms with Crippen LogP contribution in [0.15, 0.2) is 0 Å². The van der Waals surface area contributed by atoms with E-state index in [9.17, 15) is 0 Å². The molecule has 0 radical (unpaired) electrons. The molecule has 0 fully saturated rings. The molecule has 4 nitrogen and oxygen atoms in total. The van der Waals surface area contributed by atoms with Gasteiger partial charge in [-0.1, -0.05) is 0 Å². The van der Waals surface area contributed by atoms with E-state index in [0.717, 1.165) is 0 Å². The highest BCUT2D eigenvalue weighted by Gasteiger charge is 1.98. The Labute approximate surface area is 55.0 Å². The van der Waals surface area contributed by atoms with Crippen molar-refractivity contribution in [1.29, 1.82) is 0 Å². The number of aliphatic hydroxyl groups is 1. The zero-order valence-corrected chi connectivity index (χ0v) is 5.83. The predicted molar refractivity (Wildman–Crippen MR) is 32.7 cm³/mol. The van der Waals surface area contributed by atoms with Gasteiger partial charge < -0.3 is 14.6 Å². The smallest absolute Gasteiger partial charge is 0.102 e. The van der Waals surface area contributed by atoms with E-state index >= 15 is 0 Å². The van der Waals surface area contributed by atoms with E-state index in [2.05, 4.69) is 0 Å². The van der Waals surface area contributed by atoms with Crippen molar-refractivity contribution in [3.05, 3.63) is 0 Å². The molecule has 1 N–H and O–H groups in total. The van der Waals surface area contributed by atoms with Crippen LogP contribution < -0.4 is 0 Å². The Bertz CT molecular complexity index is 54.2. The van der Waals surface area contributed by atoms with Crippen LogP contribution in [-0.4, -0.2) is 44.4 Å². The zero-order valence-electron chi connectivity index (χ0n) is 5.83. The summed E-state index contributed by atoms with van der Waals surface area (Å²) in [6, 6.07) is 0. The maximum absolute atomic E-state index is 8.55. The van der Waals surface area contributed by atoms with Gasteiger partial charge in [0.2, 0.25) is 0 Å². The summed E-state index contributed by atoms with van der Waals surface area (Å²) in [6.07, 6.45) is 0. The first-order valence-electron chi connectivity index (χ1n) is 2.66. The minimum absolute atomic E-state index is 0.0400. The summed E-state index contributed by atoms with van der Waals surface area (Å²) in [5, 5.41) is 8.55. The molecular weight excluding hydrogens is 122 g/mol. The molecule has 9 heavy (non-hydrogen) atoms. The molecule has 0 aromatic rings. The van der Waals surface area contributed by atoms with Gasteiger partial charge in [0.25, 0.3) is 0 Å². The minimum atomic E-state index is -0.0400. The summed E-state index contributed by atoms with van der Waals surface area (Å²) in [7, 11) is 3.14. The summed E-state index contributed by atoms with van der Waals surface area (Å²) in [4.78, 5) is 1.60. The van der Waals surface area contributed by atoms with Crippen molar-refractivity contribution >= 4 is 0 Å². The van der Waals surface area contributed by atoms with Crippen molar-refractivity contribution in [2.75, 3.05) is 34.4 Å². The Morgan fingerprint density at radius 2 is 1.67 bits per heavy atom. The van der Waals surface area contributed by atoms with Gasteiger partial charge in [0.1, 0.15) is 13.5 Å². The van der Waals surface area contributed by atoms with E-state index in [-0.39, 0.29) is 6.73 Å². The van der Waals surface area contributed by atoms with Crippen molar-refractivity contribution in [3.8, 4) is 0 Å². The number of methoxy groups -OCH3 is 2. The molecule has 0 aromatic carbocycles. The quantitative estimate of drug-likeness (QED) is 0.513. The third-order valence-electron chi connectivity index (χ3n) is 0.823. The molecule has 0 aliphatic carbocycles. The maximum atomic E-state index is 8.55. The SMILES string of the molecule is COCN(CO)COC. The van der Waals surface area contributed by atoms with Crippen molar-refractivity contribution < 1.29 is 14.6 Å². The minimum Gasteiger partial charge on any atom is -0.381 e. The van der Waals surface area contributed by atoms with Gasteiger partial charge in [-0.05, 0) is 0 Å². The van der Waals surface area contributed by atoms with Crippen LogP contribution in [0, 0.1) is 0 Å². The molecule has 0 aliphatic rings. The molecule has 0 saturated heterocycles. The van der Waals surface area contributed by atoms with Gasteiger partial charge in [-0.3, -0.25) is 0 Å². The van der Waals surface area contributed by atoms with E-state index in [4.69, 9.17) is 14.6 Å². The molecule has 0 bridgehead atoms. The summed E-state index contributed by atoms with van der Waals surface area (Å²) < 4.78 is 9.47. The van der Waals surface area contributed by atoms with Crippen molar-refractivity contribution in [2.45, 2.75) is 0 Å². The molecule has 0 atom stereocenters. The molecular formula is C5H13NO3. The van der Waals surface area contributed by atoms with Gasteiger partial charge >= 0.3 is 0 Å². The van der Waals surface area contributed by atoms with Crippen molar-refractivity contribution in [3.63, 3.8) is 0 Å². The van der Waals surface area contributed by atoms with Gasteiger partial charge in [-0.25, -0.2) is 4.90 Å². The average Bonchev–Trinajstić information content (AvgIpc) is 1.88. The lowest BCUT2D eigenvalue weighted by Gasteiger charge is -2.15. The molecule has 0 heterocycles. The van der Waals surface area contributed by atoms with E-state index in [1.807, 2.05) is 0 Å². The fourth-order valence-electron chi connectivity index (χ4n) is 0.484. The maximum Gasteiger partial charge on any atom is 0.102 e. The number of aliphatic hydroxyl groups excluding tert-OH is 1. The molecule has 4 heteroatoms. The third-order valence-corrected chi connectivity index (χ3v) is 0.823. The lowest BCUT2D eigenvalue weighted by molar-refractivity contribution is -0.0564. The second-order valence-electron chi connectivity index (χ2n) is 1.65. The largest absolute Gasteiger partial charge is 0.381 e. The lowest BCUT2D eigenvalue weighted by atomic mass is 10.8. The summed E-state index contributed by atoms with van der Waals surface area (Å²) >= 11 is 0. The standard InChI is InChI=1S/C5H13NO3/c1-8-4-6(3-7)5-9-2/h7H,3-5H2,1-2H3. The van der Waals surface area contributed by atoms with E-state index in [0.29, 0.717) is 13.5 Å². The molecule has 0 rings (SSSR count). The first-order valence-corrected chi connectivity index (χ1v) is 2.66. The second kappa shape index (κ2) is 5.97. The number of rotatable bonds is 5. The molecule has 0 unspecified atom stereocenters. The Kier molecular flexibility index (Phi) is 5.86. The van der Waals surface area contributed by atoms with E-state index in [1.54, 1.807) is 19.1 Å². The molecule has 0 aliphatic heterocycles. The van der Waals surface area contributed by atoms with Crippen LogP contribution in [0.4, 0.5) is 0 Å². The van der Waals surface area contributed by atoms with Gasteiger partial charge in [-0.2, -0.15) is 0 Å². The fourth-order valence-corrected chi connectivity index (χ4v) is 0.484. The normalized spacial score (nSPS) is 10.7. The third kappa shape index (κ3) is 4.35. The van der Waals surface area contributed by atoms with Crippen molar-refractivity contribution in [2.24, 2.45) is 0 Å². The van der Waals surface area contributed by atoms with E-state index in [1.165, 1.54) is 0 Å². The molecule has 0 amide bonds. The first kappa shape index (κ1) is 8.84. The molecule has 0 aromatic heterocycles. The fraction of sp³-hybridized carbons (Fsp3) is 1.00. The predicted octanol–water partition coefficient (Wildman–Crippen LogP) is -0.554. The Morgan fingerprint density at radius 1 is 1.22 bits per heavy atom. The van der Waals surface area contributed by atoms with Crippen LogP contribution in [-0.2, 0) is 9.47 Å². The monoisotopic (exact) mass is 135 g/mol. The van der Waals surface area contributed by atoms with Crippen LogP contribution in [0.2, 0.25) is 0 Å². The summed E-state index contributed by atoms with van der Waals surface area (Å²) in [6.45, 7) is 0.746. The number of hydrogen-bond donors (Lipinski definition) is 1. The lowest BCUT2D eigenvalue weighted by Crippen LogP contribution is -2.28. The highest BCUT2D eigenvalue weighted by molar-refractivity contribution is 4.32. The van der Waals surface area contributed by atoms with Crippen LogP contribution in [0.25, 0.3) is 0 Å². The van der Waals surface area contributed by atoms with Gasteiger partial charge in [0.05, 0.1) is 6.73 Å². The van der Waals surface area contributed by atoms with Gasteiger partial charge in [0, 0.05) is 14.2 Å². The van der Waals surface area contributed by atoms with Crippen LogP contribution in [0.3, 0.4) is 0 Å². The average molecular weight is 135 g/mol. The Hall–Kier alpha value is -0.160. The number of nitrogens with zero attached hydrogens (tertiary/aromatic N) is 1. The summed E-state index contributed by atoms with van der Waals surface area (Å²) in [5.74, 6) is 0. The molecule has 56 valence electrons. The van der Waals surface area contributed by atoms with E-state index < -0.39 is 0 Å². The molecule has 0 saturated carbocycles. The first-order chi connectivity index (χ1) is 4.35. The Balaban J connectivity index is 3.18. The summed E-state index contributed by atoms with van der Waals surface area (Å²) in [5.41, 5.74) is 0. The topological polar surface area (TPSA) is 41.9 Å². The second-order valence-corrected chi connectivity index (χ2v) is 1.65. The number of ether oxygens (including phenoxy) is 2. The molecule has 0 spiro atoms. The van der Waals surface area contributed by atoms with Crippen LogP contribution >= 0.6 is 0 Å². The van der Waals surface area contributed by atoms with Gasteiger partial charge in [0.15, 0.2) is 0 Å². The number of hydrogen-bond acceptors (Lipinski definition) is 4. The Morgan fingerprint density at radius 3 is 1.89 bits per heavy atom. The highest BCUT2D eigenvalue weighted by atomic mass is 16.5. The van der Waals surface area contributed by atoms with Crippen LogP contribution in [0.1, 0.15) is 0 Å². The van der Waals surface area contributed by atoms with Crippen molar-refractivity contribution in [1.82, 2.24) is 4.90 Å².